The topological polar surface area (TPSA) is 128 Å². The predicted molar refractivity (Wildman–Crippen MR) is 101 cm³/mol. The van der Waals surface area contributed by atoms with Gasteiger partial charge in [0, 0.05) is 17.7 Å². The van der Waals surface area contributed by atoms with Gasteiger partial charge in [-0.2, -0.15) is 0 Å². The van der Waals surface area contributed by atoms with Gasteiger partial charge in [0.1, 0.15) is 11.1 Å². The van der Waals surface area contributed by atoms with Gasteiger partial charge in [0.05, 0.1) is 4.92 Å². The molecule has 2 rings (SSSR count). The highest BCUT2D eigenvalue weighted by molar-refractivity contribution is 6.32. The van der Waals surface area contributed by atoms with E-state index in [1.165, 1.54) is 19.1 Å². The van der Waals surface area contributed by atoms with Gasteiger partial charge in [0.25, 0.3) is 17.5 Å². The third-order valence-electron chi connectivity index (χ3n) is 4.20. The molecule has 1 aliphatic carbocycles. The minimum absolute atomic E-state index is 0.0194. The maximum absolute atomic E-state index is 12.5. The highest BCUT2D eigenvalue weighted by Gasteiger charge is 2.31. The van der Waals surface area contributed by atoms with Crippen LogP contribution in [-0.4, -0.2) is 40.9 Å². The second-order valence-electron chi connectivity index (χ2n) is 6.98. The monoisotopic (exact) mass is 411 g/mol. The maximum Gasteiger partial charge on any atom is 0.329 e. The summed E-state index contributed by atoms with van der Waals surface area (Å²) in [5.74, 6) is -2.17. The third kappa shape index (κ3) is 5.66. The summed E-state index contributed by atoms with van der Waals surface area (Å²) in [4.78, 5) is 47.1. The van der Waals surface area contributed by atoms with Crippen LogP contribution in [-0.2, 0) is 14.3 Å². The molecule has 152 valence electrons. The smallest absolute Gasteiger partial charge is 0.329 e. The van der Waals surface area contributed by atoms with Crippen LogP contribution < -0.4 is 10.6 Å². The average Bonchev–Trinajstić information content (AvgIpc) is 3.42. The molecule has 0 aromatic heterocycles. The van der Waals surface area contributed by atoms with Gasteiger partial charge in [-0.1, -0.05) is 25.4 Å². The number of halogens is 1. The second kappa shape index (κ2) is 9.01. The molecule has 0 spiro atoms. The molecule has 0 bridgehead atoms. The van der Waals surface area contributed by atoms with E-state index in [1.54, 1.807) is 13.8 Å². The molecule has 1 aliphatic rings. The van der Waals surface area contributed by atoms with Gasteiger partial charge >= 0.3 is 5.97 Å². The molecule has 2 atom stereocenters. The second-order valence-corrected chi connectivity index (χ2v) is 7.39. The van der Waals surface area contributed by atoms with Gasteiger partial charge < -0.3 is 15.4 Å². The number of nitro groups is 1. The molecule has 1 aromatic rings. The molecular weight excluding hydrogens is 390 g/mol. The molecular formula is C18H22ClN3O6. The molecule has 1 aromatic carbocycles. The molecule has 10 heteroatoms. The van der Waals surface area contributed by atoms with Crippen LogP contribution in [0.1, 0.15) is 44.0 Å². The van der Waals surface area contributed by atoms with Crippen LogP contribution >= 0.6 is 11.6 Å². The lowest BCUT2D eigenvalue weighted by Crippen LogP contribution is -2.47. The van der Waals surface area contributed by atoms with Crippen LogP contribution in [0.15, 0.2) is 18.2 Å². The average molecular weight is 412 g/mol. The summed E-state index contributed by atoms with van der Waals surface area (Å²) in [6, 6.07) is 2.70. The van der Waals surface area contributed by atoms with E-state index in [2.05, 4.69) is 10.6 Å². The van der Waals surface area contributed by atoms with Gasteiger partial charge in [-0.25, -0.2) is 4.79 Å². The fourth-order valence-corrected chi connectivity index (χ4v) is 2.55. The first kappa shape index (κ1) is 21.6. The van der Waals surface area contributed by atoms with Crippen molar-refractivity contribution >= 4 is 35.1 Å². The summed E-state index contributed by atoms with van der Waals surface area (Å²) >= 11 is 5.74. The van der Waals surface area contributed by atoms with Gasteiger partial charge in [-0.3, -0.25) is 19.7 Å². The first-order valence-corrected chi connectivity index (χ1v) is 9.23. The summed E-state index contributed by atoms with van der Waals surface area (Å²) in [5, 5.41) is 16.1. The molecule has 2 amide bonds. The molecule has 1 fully saturated rings. The van der Waals surface area contributed by atoms with Gasteiger partial charge in [0.15, 0.2) is 6.10 Å². The normalized spacial score (nSPS) is 15.5. The maximum atomic E-state index is 12.5. The summed E-state index contributed by atoms with van der Waals surface area (Å²) < 4.78 is 5.19. The molecule has 28 heavy (non-hydrogen) atoms. The summed E-state index contributed by atoms with van der Waals surface area (Å²) in [6.45, 7) is 4.86. The Kier molecular flexibility index (Phi) is 6.95. The van der Waals surface area contributed by atoms with E-state index in [0.29, 0.717) is 0 Å². The Morgan fingerprint density at radius 1 is 1.25 bits per heavy atom. The van der Waals surface area contributed by atoms with Gasteiger partial charge in [0.2, 0.25) is 0 Å². The molecule has 0 aliphatic heterocycles. The van der Waals surface area contributed by atoms with Crippen molar-refractivity contribution in [3.8, 4) is 0 Å². The Balaban J connectivity index is 2.05. The lowest BCUT2D eigenvalue weighted by atomic mass is 10.0. The van der Waals surface area contributed by atoms with E-state index in [-0.39, 0.29) is 22.5 Å². The molecule has 0 saturated heterocycles. The predicted octanol–water partition coefficient (Wildman–Crippen LogP) is 2.21. The van der Waals surface area contributed by atoms with Crippen molar-refractivity contribution < 1.29 is 24.0 Å². The summed E-state index contributed by atoms with van der Waals surface area (Å²) in [6.07, 6.45) is 0.817. The Morgan fingerprint density at radius 3 is 2.43 bits per heavy atom. The SMILES string of the molecule is CC(C)[C@H](NC(=O)c1ccc(Cl)c([N+](=O)[O-])c1)C(=O)O[C@H](C)C(=O)NC1CC1. The van der Waals surface area contributed by atoms with Crippen LogP contribution in [0.3, 0.4) is 0 Å². The number of rotatable bonds is 8. The highest BCUT2D eigenvalue weighted by atomic mass is 35.5. The quantitative estimate of drug-likeness (QED) is 0.383. The number of amides is 2. The highest BCUT2D eigenvalue weighted by Crippen LogP contribution is 2.25. The van der Waals surface area contributed by atoms with E-state index in [9.17, 15) is 24.5 Å². The minimum atomic E-state index is -1.03. The molecule has 0 heterocycles. The molecule has 2 N–H and O–H groups in total. The first-order valence-electron chi connectivity index (χ1n) is 8.85. The van der Waals surface area contributed by atoms with Crippen LogP contribution in [0, 0.1) is 16.0 Å². The number of nitrogens with zero attached hydrogens (tertiary/aromatic N) is 1. The van der Waals surface area contributed by atoms with Crippen molar-refractivity contribution in [1.82, 2.24) is 10.6 Å². The Bertz CT molecular complexity index is 794. The number of carbonyl (C=O) groups excluding carboxylic acids is 3. The first-order chi connectivity index (χ1) is 13.1. The number of hydrogen-bond donors (Lipinski definition) is 2. The summed E-state index contributed by atoms with van der Waals surface area (Å²) in [5.41, 5.74) is -0.433. The zero-order valence-electron chi connectivity index (χ0n) is 15.7. The largest absolute Gasteiger partial charge is 0.451 e. The lowest BCUT2D eigenvalue weighted by Gasteiger charge is -2.23. The van der Waals surface area contributed by atoms with E-state index in [4.69, 9.17) is 16.3 Å². The van der Waals surface area contributed by atoms with Gasteiger partial charge in [-0.05, 0) is 37.8 Å². The number of esters is 1. The summed E-state index contributed by atoms with van der Waals surface area (Å²) in [7, 11) is 0. The number of nitro benzene ring substituents is 1. The zero-order valence-corrected chi connectivity index (χ0v) is 16.5. The van der Waals surface area contributed by atoms with Crippen molar-refractivity contribution in [2.75, 3.05) is 0 Å². The Morgan fingerprint density at radius 2 is 1.89 bits per heavy atom. The van der Waals surface area contributed by atoms with Crippen LogP contribution in [0.25, 0.3) is 0 Å². The van der Waals surface area contributed by atoms with E-state index < -0.39 is 40.5 Å². The standard InChI is InChI=1S/C18H22ClN3O6/c1-9(2)15(18(25)28-10(3)16(23)20-12-5-6-12)21-17(24)11-4-7-13(19)14(8-11)22(26)27/h4,7-10,12,15H,5-6H2,1-3H3,(H,20,23)(H,21,24)/t10-,15+/m1/s1. The Labute approximate surface area is 166 Å². The van der Waals surface area contributed by atoms with Crippen LogP contribution in [0.2, 0.25) is 5.02 Å². The van der Waals surface area contributed by atoms with Crippen molar-refractivity contribution in [3.05, 3.63) is 38.9 Å². The van der Waals surface area contributed by atoms with Crippen molar-refractivity contribution in [3.63, 3.8) is 0 Å². The Hall–Kier alpha value is -2.68. The number of nitrogens with one attached hydrogen (secondary N) is 2. The molecule has 9 nitrogen and oxygen atoms in total. The molecule has 0 radical (unpaired) electrons. The van der Waals surface area contributed by atoms with E-state index in [1.807, 2.05) is 0 Å². The van der Waals surface area contributed by atoms with Crippen molar-refractivity contribution in [1.29, 1.82) is 0 Å². The van der Waals surface area contributed by atoms with Crippen LogP contribution in [0.4, 0.5) is 5.69 Å². The van der Waals surface area contributed by atoms with Gasteiger partial charge in [-0.15, -0.1) is 0 Å². The van der Waals surface area contributed by atoms with Crippen LogP contribution in [0.5, 0.6) is 0 Å². The minimum Gasteiger partial charge on any atom is -0.451 e. The number of ether oxygens (including phenoxy) is 1. The fraction of sp³-hybridized carbons (Fsp3) is 0.500. The van der Waals surface area contributed by atoms with Crippen molar-refractivity contribution in [2.24, 2.45) is 5.92 Å². The van der Waals surface area contributed by atoms with E-state index in [0.717, 1.165) is 18.9 Å². The molecule has 0 unspecified atom stereocenters. The lowest BCUT2D eigenvalue weighted by molar-refractivity contribution is -0.384. The third-order valence-corrected chi connectivity index (χ3v) is 4.52. The van der Waals surface area contributed by atoms with E-state index >= 15 is 0 Å². The number of carbonyl (C=O) groups is 3. The van der Waals surface area contributed by atoms with Crippen molar-refractivity contribution in [2.45, 2.75) is 51.8 Å². The fourth-order valence-electron chi connectivity index (χ4n) is 2.36. The zero-order chi connectivity index (χ0) is 21.0. The molecule has 1 saturated carbocycles. The number of benzene rings is 1. The number of hydrogen-bond acceptors (Lipinski definition) is 6.